The number of imidazole rings is 1. The van der Waals surface area contributed by atoms with Gasteiger partial charge in [0, 0.05) is 36.9 Å². The molecule has 1 saturated heterocycles. The average Bonchev–Trinajstić information content (AvgIpc) is 3.13. The molecule has 0 spiro atoms. The Morgan fingerprint density at radius 1 is 1.13 bits per heavy atom. The van der Waals surface area contributed by atoms with Crippen LogP contribution >= 0.6 is 23.4 Å². The van der Waals surface area contributed by atoms with Gasteiger partial charge in [-0.25, -0.2) is 4.98 Å². The number of anilines is 1. The van der Waals surface area contributed by atoms with E-state index in [2.05, 4.69) is 9.97 Å². The first-order valence-corrected chi connectivity index (χ1v) is 10.6. The number of fused-ring (bicyclic) bond motifs is 1. The van der Waals surface area contributed by atoms with E-state index in [9.17, 15) is 18.0 Å². The van der Waals surface area contributed by atoms with Gasteiger partial charge >= 0.3 is 6.18 Å². The summed E-state index contributed by atoms with van der Waals surface area (Å²) in [6.45, 7) is 1.90. The average molecular weight is 455 g/mol. The van der Waals surface area contributed by atoms with Crippen LogP contribution in [-0.4, -0.2) is 52.7 Å². The second-order valence-corrected chi connectivity index (χ2v) is 8.31. The van der Waals surface area contributed by atoms with Crippen molar-refractivity contribution in [1.29, 1.82) is 0 Å². The summed E-state index contributed by atoms with van der Waals surface area (Å²) in [6, 6.07) is 10.6. The van der Waals surface area contributed by atoms with Gasteiger partial charge < -0.3 is 14.8 Å². The molecule has 0 atom stereocenters. The Balaban J connectivity index is 1.32. The first-order valence-electron chi connectivity index (χ1n) is 9.28. The lowest BCUT2D eigenvalue weighted by molar-refractivity contribution is -0.137. The molecule has 30 heavy (non-hydrogen) atoms. The summed E-state index contributed by atoms with van der Waals surface area (Å²) in [6.07, 6.45) is -4.37. The van der Waals surface area contributed by atoms with Gasteiger partial charge in [0.05, 0.1) is 22.3 Å². The van der Waals surface area contributed by atoms with Crippen LogP contribution in [0.3, 0.4) is 0 Å². The van der Waals surface area contributed by atoms with Crippen molar-refractivity contribution in [3.63, 3.8) is 0 Å². The second-order valence-electron chi connectivity index (χ2n) is 6.91. The molecule has 1 fully saturated rings. The smallest absolute Gasteiger partial charge is 0.368 e. The molecule has 10 heteroatoms. The van der Waals surface area contributed by atoms with Crippen LogP contribution in [0.1, 0.15) is 5.56 Å². The highest BCUT2D eigenvalue weighted by Gasteiger charge is 2.31. The maximum atomic E-state index is 12.9. The standard InChI is InChI=1S/C20H18ClF3N4OS/c21-14-4-5-16-17(11-14)26-19(25-16)30-12-18(29)28-8-6-27(7-9-28)15-3-1-2-13(10-15)20(22,23)24/h1-5,10-11H,6-9,12H2,(H,25,26). The van der Waals surface area contributed by atoms with Gasteiger partial charge in [-0.05, 0) is 36.4 Å². The zero-order valence-corrected chi connectivity index (χ0v) is 17.3. The molecule has 1 aliphatic rings. The summed E-state index contributed by atoms with van der Waals surface area (Å²) in [5, 5.41) is 1.25. The van der Waals surface area contributed by atoms with Gasteiger partial charge in [0.2, 0.25) is 5.91 Å². The van der Waals surface area contributed by atoms with E-state index in [1.165, 1.54) is 17.8 Å². The lowest BCUT2D eigenvalue weighted by Gasteiger charge is -2.36. The minimum absolute atomic E-state index is 0.0258. The van der Waals surface area contributed by atoms with Crippen molar-refractivity contribution in [2.45, 2.75) is 11.3 Å². The Hall–Kier alpha value is -2.39. The van der Waals surface area contributed by atoms with Crippen molar-refractivity contribution in [3.8, 4) is 0 Å². The molecule has 2 aromatic carbocycles. The van der Waals surface area contributed by atoms with Crippen LogP contribution in [0.4, 0.5) is 18.9 Å². The lowest BCUT2D eigenvalue weighted by atomic mass is 10.1. The number of hydrogen-bond donors (Lipinski definition) is 1. The fourth-order valence-corrected chi connectivity index (χ4v) is 4.30. The topological polar surface area (TPSA) is 52.2 Å². The van der Waals surface area contributed by atoms with E-state index in [1.54, 1.807) is 23.1 Å². The van der Waals surface area contributed by atoms with Crippen LogP contribution in [0.25, 0.3) is 11.0 Å². The zero-order valence-electron chi connectivity index (χ0n) is 15.7. The van der Waals surface area contributed by atoms with Crippen molar-refractivity contribution in [2.24, 2.45) is 0 Å². The minimum Gasteiger partial charge on any atom is -0.368 e. The molecule has 0 bridgehead atoms. The first kappa shape index (κ1) is 20.9. The molecule has 1 N–H and O–H groups in total. The Kier molecular flexibility index (Phi) is 5.84. The summed E-state index contributed by atoms with van der Waals surface area (Å²) < 4.78 is 38.8. The lowest BCUT2D eigenvalue weighted by Crippen LogP contribution is -2.49. The summed E-state index contributed by atoms with van der Waals surface area (Å²) in [7, 11) is 0. The molecule has 5 nitrogen and oxygen atoms in total. The van der Waals surface area contributed by atoms with E-state index in [0.29, 0.717) is 42.0 Å². The summed E-state index contributed by atoms with van der Waals surface area (Å²) in [5.41, 5.74) is 1.45. The third-order valence-corrected chi connectivity index (χ3v) is 6.02. The number of halogens is 4. The van der Waals surface area contributed by atoms with E-state index in [1.807, 2.05) is 11.0 Å². The molecule has 3 aromatic rings. The number of carbonyl (C=O) groups excluding carboxylic acids is 1. The summed E-state index contributed by atoms with van der Waals surface area (Å²) >= 11 is 7.28. The normalized spacial score (nSPS) is 15.1. The van der Waals surface area contributed by atoms with Crippen molar-refractivity contribution in [3.05, 3.63) is 53.1 Å². The molecule has 1 aliphatic heterocycles. The fraction of sp³-hybridized carbons (Fsp3) is 0.300. The molecular weight excluding hydrogens is 437 g/mol. The van der Waals surface area contributed by atoms with Crippen molar-refractivity contribution in [2.75, 3.05) is 36.8 Å². The molecule has 1 amide bonds. The number of aromatic nitrogens is 2. The maximum absolute atomic E-state index is 12.9. The molecule has 0 radical (unpaired) electrons. The predicted molar refractivity (Wildman–Crippen MR) is 112 cm³/mol. The molecular formula is C20H18ClF3N4OS. The number of hydrogen-bond acceptors (Lipinski definition) is 4. The second kappa shape index (κ2) is 8.39. The van der Waals surface area contributed by atoms with E-state index in [4.69, 9.17) is 11.6 Å². The number of H-pyrrole nitrogens is 1. The molecule has 158 valence electrons. The molecule has 4 rings (SSSR count). The predicted octanol–water partition coefficient (Wildman–Crippen LogP) is 4.68. The number of thioether (sulfide) groups is 1. The quantitative estimate of drug-likeness (QED) is 0.582. The van der Waals surface area contributed by atoms with Gasteiger partial charge in [-0.2, -0.15) is 13.2 Å². The zero-order chi connectivity index (χ0) is 21.3. The molecule has 0 unspecified atom stereocenters. The van der Waals surface area contributed by atoms with Gasteiger partial charge in [-0.1, -0.05) is 29.4 Å². The molecule has 2 heterocycles. The number of nitrogens with zero attached hydrogens (tertiary/aromatic N) is 3. The highest BCUT2D eigenvalue weighted by molar-refractivity contribution is 7.99. The van der Waals surface area contributed by atoms with E-state index < -0.39 is 11.7 Å². The highest BCUT2D eigenvalue weighted by atomic mass is 35.5. The van der Waals surface area contributed by atoms with Crippen molar-refractivity contribution >= 4 is 46.0 Å². The maximum Gasteiger partial charge on any atom is 0.416 e. The Morgan fingerprint density at radius 3 is 2.63 bits per heavy atom. The van der Waals surface area contributed by atoms with Gasteiger partial charge in [0.1, 0.15) is 0 Å². The SMILES string of the molecule is O=C(CSc1nc2ccc(Cl)cc2[nH]1)N1CCN(c2cccc(C(F)(F)F)c2)CC1. The van der Waals surface area contributed by atoms with Crippen molar-refractivity contribution < 1.29 is 18.0 Å². The highest BCUT2D eigenvalue weighted by Crippen LogP contribution is 2.32. The number of nitrogens with one attached hydrogen (secondary N) is 1. The van der Waals surface area contributed by atoms with Crippen LogP contribution in [0, 0.1) is 0 Å². The van der Waals surface area contributed by atoms with E-state index in [0.717, 1.165) is 23.2 Å². The van der Waals surface area contributed by atoms with Crippen LogP contribution < -0.4 is 4.90 Å². The van der Waals surface area contributed by atoms with Gasteiger partial charge in [-0.3, -0.25) is 4.79 Å². The largest absolute Gasteiger partial charge is 0.416 e. The number of benzene rings is 2. The Labute approximate surface area is 180 Å². The third kappa shape index (κ3) is 4.67. The van der Waals surface area contributed by atoms with E-state index >= 15 is 0 Å². The number of alkyl halides is 3. The van der Waals surface area contributed by atoms with Gasteiger partial charge in [-0.15, -0.1) is 0 Å². The first-order chi connectivity index (χ1) is 14.3. The van der Waals surface area contributed by atoms with Crippen LogP contribution in [0.15, 0.2) is 47.6 Å². The number of piperazine rings is 1. The summed E-state index contributed by atoms with van der Waals surface area (Å²) in [4.78, 5) is 23.7. The minimum atomic E-state index is -4.37. The third-order valence-electron chi connectivity index (χ3n) is 4.93. The van der Waals surface area contributed by atoms with Gasteiger partial charge in [0.25, 0.3) is 0 Å². The Bertz CT molecular complexity index is 1060. The molecule has 0 aliphatic carbocycles. The number of aromatic amines is 1. The van der Waals surface area contributed by atoms with Crippen LogP contribution in [0.2, 0.25) is 5.02 Å². The molecule has 0 saturated carbocycles. The number of rotatable bonds is 4. The fourth-order valence-electron chi connectivity index (χ4n) is 3.34. The Morgan fingerprint density at radius 2 is 1.90 bits per heavy atom. The van der Waals surface area contributed by atoms with Gasteiger partial charge in [0.15, 0.2) is 5.16 Å². The van der Waals surface area contributed by atoms with Crippen LogP contribution in [0.5, 0.6) is 0 Å². The van der Waals surface area contributed by atoms with Crippen LogP contribution in [-0.2, 0) is 11.0 Å². The monoisotopic (exact) mass is 454 g/mol. The van der Waals surface area contributed by atoms with Crippen molar-refractivity contribution in [1.82, 2.24) is 14.9 Å². The summed E-state index contributed by atoms with van der Waals surface area (Å²) in [5.74, 6) is 0.207. The number of carbonyl (C=O) groups is 1. The number of amides is 1. The molecule has 1 aromatic heterocycles. The van der Waals surface area contributed by atoms with E-state index in [-0.39, 0.29) is 11.7 Å².